The largest absolute Gasteiger partial charge is 0.0878 e. The molecule has 0 fully saturated rings. The first-order valence-corrected chi connectivity index (χ1v) is 1.41. The second-order valence-electron chi connectivity index (χ2n) is 0. The summed E-state index contributed by atoms with van der Waals surface area (Å²) >= 11 is 7.17. The highest BCUT2D eigenvalue weighted by atomic mass is 32.1. The molecule has 2 radical (unpaired) electrons. The zero-order valence-electron chi connectivity index (χ0n) is 1.97. The van der Waals surface area contributed by atoms with Crippen LogP contribution in [0, 0.1) is 0 Å². The number of hydrogen-bond acceptors (Lipinski definition) is 2. The highest BCUT2D eigenvalue weighted by Crippen LogP contribution is 1.03. The van der Waals surface area contributed by atoms with Gasteiger partial charge >= 0.3 is 0 Å². The van der Waals surface area contributed by atoms with Crippen molar-refractivity contribution in [2.45, 2.75) is 0 Å². The van der Waals surface area contributed by atoms with E-state index in [2.05, 4.69) is 36.2 Å². The van der Waals surface area contributed by atoms with Gasteiger partial charge < -0.3 is 0 Å². The lowest BCUT2D eigenvalue weighted by Crippen LogP contribution is -0.661. The third kappa shape index (κ3) is 93.7. The Bertz CT molecular complexity index is 6.00. The Morgan fingerprint density at radius 1 is 0.750 bits per heavy atom. The average Bonchev–Trinajstić information content (AvgIpc) is 1.50. The fourth-order valence-electron chi connectivity index (χ4n) is 0. The molecular formula is C2H2S2. The van der Waals surface area contributed by atoms with Crippen molar-refractivity contribution >= 4 is 36.2 Å². The van der Waals surface area contributed by atoms with Crippen LogP contribution in [-0.4, -0.2) is 11.7 Å². The molecule has 22 valence electrons. The Hall–Kier alpha value is 0.180. The van der Waals surface area contributed by atoms with E-state index in [4.69, 9.17) is 0 Å². The summed E-state index contributed by atoms with van der Waals surface area (Å²) in [5.74, 6) is 8.17. The topological polar surface area (TPSA) is 0 Å². The Kier molecular flexibility index (Phi) is 1040. The van der Waals surface area contributed by atoms with Gasteiger partial charge in [0, 0.05) is 11.7 Å². The third-order valence-corrected chi connectivity index (χ3v) is 0. The second-order valence-corrected chi connectivity index (χ2v) is 0. The van der Waals surface area contributed by atoms with Gasteiger partial charge in [0.05, 0.1) is 0 Å². The molecule has 0 spiro atoms. The van der Waals surface area contributed by atoms with Crippen LogP contribution in [0.15, 0.2) is 0 Å². The number of hydrogen-bond donors (Lipinski definition) is 0. The highest BCUT2D eigenvalue weighted by molar-refractivity contribution is 7.77. The van der Waals surface area contributed by atoms with Crippen LogP contribution < -0.4 is 0 Å². The lowest BCUT2D eigenvalue weighted by atomic mass is 12.0. The number of rotatable bonds is 0. The summed E-state index contributed by atoms with van der Waals surface area (Å²) in [6.07, 6.45) is 0. The van der Waals surface area contributed by atoms with Gasteiger partial charge in [-0.25, -0.2) is 0 Å². The normalized spacial score (nSPS) is 2.00. The molecule has 0 aliphatic heterocycles. The molecule has 0 atom stereocenters. The van der Waals surface area contributed by atoms with E-state index in [0.29, 0.717) is 0 Å². The molecule has 0 aromatic carbocycles. The van der Waals surface area contributed by atoms with Crippen LogP contribution in [-0.2, 0) is 0 Å². The zero-order chi connectivity index (χ0) is 4.00. The maximum Gasteiger partial charge on any atom is 0.0121 e. The van der Waals surface area contributed by atoms with E-state index in [1.165, 1.54) is 0 Å². The lowest BCUT2D eigenvalue weighted by Gasteiger charge is -0.747. The van der Waals surface area contributed by atoms with E-state index in [0.717, 1.165) is 0 Å². The maximum absolute atomic E-state index is 4.08. The average molecular weight is 90.2 g/mol. The predicted molar refractivity (Wildman–Crippen MR) is 27.3 cm³/mol. The van der Waals surface area contributed by atoms with Crippen LogP contribution in [0.4, 0.5) is 0 Å². The first kappa shape index (κ1) is 8.89. The molecule has 2 heteroatoms. The number of thiocarbonyl (C=S) groups is 2. The molecule has 0 rings (SSSR count). The fraction of sp³-hybridized carbons (Fsp3) is 0. The van der Waals surface area contributed by atoms with Crippen LogP contribution >= 0.6 is 24.4 Å². The molecule has 0 aliphatic rings. The summed E-state index contributed by atoms with van der Waals surface area (Å²) < 4.78 is 0. The highest BCUT2D eigenvalue weighted by Gasteiger charge is 0.673. The summed E-state index contributed by atoms with van der Waals surface area (Å²) in [6, 6.07) is 0. The van der Waals surface area contributed by atoms with Gasteiger partial charge in [-0.3, -0.25) is 0 Å². The summed E-state index contributed by atoms with van der Waals surface area (Å²) in [7, 11) is 0. The third-order valence-electron chi connectivity index (χ3n) is 0. The van der Waals surface area contributed by atoms with Crippen molar-refractivity contribution in [1.29, 1.82) is 0 Å². The summed E-state index contributed by atoms with van der Waals surface area (Å²) in [6.45, 7) is 0. The van der Waals surface area contributed by atoms with Crippen LogP contribution in [0.1, 0.15) is 0 Å². The molecule has 4 heavy (non-hydrogen) atoms. The first-order valence-electron chi connectivity index (χ1n) is 0.471. The zero-order valence-corrected chi connectivity index (χ0v) is 3.60. The Morgan fingerprint density at radius 3 is 0.750 bits per heavy atom. The van der Waals surface area contributed by atoms with Gasteiger partial charge in [-0.15, -0.1) is 0 Å². The summed E-state index contributed by atoms with van der Waals surface area (Å²) in [5, 5.41) is 0. The molecule has 0 amide bonds. The van der Waals surface area contributed by atoms with Gasteiger partial charge in [-0.05, 0) is 0 Å². The molecule has 0 N–H and O–H groups in total. The molecular weight excluding hydrogens is 88.2 g/mol. The summed E-state index contributed by atoms with van der Waals surface area (Å²) in [4.78, 5) is 0. The second kappa shape index (κ2) is 466. The van der Waals surface area contributed by atoms with Gasteiger partial charge in [0.15, 0.2) is 0 Å². The SMILES string of the molecule is [CH]=S.[CH]=S. The van der Waals surface area contributed by atoms with E-state index >= 15 is 0 Å². The van der Waals surface area contributed by atoms with Crippen LogP contribution in [0.5, 0.6) is 0 Å². The quantitative estimate of drug-likeness (QED) is 0.407. The van der Waals surface area contributed by atoms with Crippen molar-refractivity contribution in [2.75, 3.05) is 0 Å². The van der Waals surface area contributed by atoms with Gasteiger partial charge in [-0.1, -0.05) is 24.4 Å². The minimum absolute atomic E-state index is 3.58. The van der Waals surface area contributed by atoms with Gasteiger partial charge in [0.1, 0.15) is 0 Å². The molecule has 0 heterocycles. The fourth-order valence-corrected chi connectivity index (χ4v) is 0. The van der Waals surface area contributed by atoms with E-state index in [1.54, 1.807) is 0 Å². The standard InChI is InChI=1S/2CHS/c2*1-2/h2*1H. The predicted octanol–water partition coefficient (Wildman–Crippen LogP) is 0.986. The smallest absolute Gasteiger partial charge is 0.0121 e. The van der Waals surface area contributed by atoms with Crippen LogP contribution in [0.3, 0.4) is 0 Å². The first-order chi connectivity index (χ1) is 2.00. The van der Waals surface area contributed by atoms with Crippen molar-refractivity contribution in [2.24, 2.45) is 0 Å². The van der Waals surface area contributed by atoms with Crippen molar-refractivity contribution in [3.63, 3.8) is 0 Å². The van der Waals surface area contributed by atoms with E-state index in [9.17, 15) is 0 Å². The van der Waals surface area contributed by atoms with E-state index < -0.39 is 0 Å². The van der Waals surface area contributed by atoms with Gasteiger partial charge in [0.25, 0.3) is 0 Å². The molecule has 0 saturated carbocycles. The van der Waals surface area contributed by atoms with Crippen molar-refractivity contribution < 1.29 is 0 Å². The maximum atomic E-state index is 4.08. The van der Waals surface area contributed by atoms with Crippen molar-refractivity contribution in [1.82, 2.24) is 0 Å². The molecule has 0 bridgehead atoms. The van der Waals surface area contributed by atoms with Gasteiger partial charge in [0.2, 0.25) is 0 Å². The van der Waals surface area contributed by atoms with E-state index in [-0.39, 0.29) is 0 Å². The molecule has 0 unspecified atom stereocenters. The minimum atomic E-state index is 3.58. The van der Waals surface area contributed by atoms with Crippen LogP contribution in [0.25, 0.3) is 0 Å². The molecule has 0 saturated heterocycles. The molecule has 0 nitrogen and oxygen atoms in total. The molecule has 0 aromatic heterocycles. The van der Waals surface area contributed by atoms with Crippen molar-refractivity contribution in [3.8, 4) is 0 Å². The Balaban J connectivity index is 0. The van der Waals surface area contributed by atoms with Gasteiger partial charge in [-0.2, -0.15) is 0 Å². The molecule has 0 aromatic rings. The summed E-state index contributed by atoms with van der Waals surface area (Å²) in [5.41, 5.74) is 0. The minimum Gasteiger partial charge on any atom is -0.0878 e. The van der Waals surface area contributed by atoms with E-state index in [1.807, 2.05) is 0 Å². The monoisotopic (exact) mass is 90.0 g/mol. The Labute approximate surface area is 36.8 Å². The Morgan fingerprint density at radius 2 is 0.750 bits per heavy atom. The lowest BCUT2D eigenvalue weighted by molar-refractivity contribution is 4.83. The molecule has 0 aliphatic carbocycles. The van der Waals surface area contributed by atoms with Crippen molar-refractivity contribution in [3.05, 3.63) is 0 Å². The van der Waals surface area contributed by atoms with Crippen LogP contribution in [0.2, 0.25) is 0 Å².